The largest absolute Gasteiger partial charge is 0.349 e. The molecule has 178 valence electrons. The number of amides is 2. The van der Waals surface area contributed by atoms with Crippen LogP contribution in [0.3, 0.4) is 0 Å². The summed E-state index contributed by atoms with van der Waals surface area (Å²) in [5.74, 6) is 1.61. The fraction of sp³-hybridized carbons (Fsp3) is 0.538. The fourth-order valence-corrected chi connectivity index (χ4v) is 6.13. The molecule has 1 aromatic heterocycles. The van der Waals surface area contributed by atoms with Gasteiger partial charge in [0.25, 0.3) is 5.91 Å². The van der Waals surface area contributed by atoms with Gasteiger partial charge in [0.15, 0.2) is 0 Å². The van der Waals surface area contributed by atoms with Crippen molar-refractivity contribution in [3.63, 3.8) is 0 Å². The van der Waals surface area contributed by atoms with Crippen LogP contribution in [0.4, 0.5) is 11.8 Å². The minimum Gasteiger partial charge on any atom is -0.349 e. The van der Waals surface area contributed by atoms with Gasteiger partial charge in [-0.05, 0) is 44.7 Å². The molecule has 4 aliphatic heterocycles. The van der Waals surface area contributed by atoms with E-state index in [1.807, 2.05) is 9.80 Å². The third kappa shape index (κ3) is 3.18. The zero-order chi connectivity index (χ0) is 23.7. The zero-order valence-electron chi connectivity index (χ0n) is 20.4. The van der Waals surface area contributed by atoms with Gasteiger partial charge in [-0.15, -0.1) is 0 Å². The quantitative estimate of drug-likeness (QED) is 0.651. The first-order valence-corrected chi connectivity index (χ1v) is 12.4. The predicted octanol–water partition coefficient (Wildman–Crippen LogP) is 3.21. The van der Waals surface area contributed by atoms with Crippen LogP contribution in [-0.4, -0.2) is 63.8 Å². The van der Waals surface area contributed by atoms with Gasteiger partial charge in [-0.2, -0.15) is 4.98 Å². The molecule has 2 fully saturated rings. The lowest BCUT2D eigenvalue weighted by atomic mass is 9.93. The number of fused-ring (bicyclic) bond motifs is 12. The van der Waals surface area contributed by atoms with Gasteiger partial charge < -0.3 is 19.6 Å². The van der Waals surface area contributed by atoms with Crippen LogP contribution in [0.1, 0.15) is 78.4 Å². The Morgan fingerprint density at radius 1 is 1.03 bits per heavy atom. The minimum atomic E-state index is -0.0483. The summed E-state index contributed by atoms with van der Waals surface area (Å²) in [6.45, 7) is 11.2. The molecule has 0 saturated carbocycles. The molecule has 2 unspecified atom stereocenters. The number of hydrogen-bond acceptors (Lipinski definition) is 6. The smallest absolute Gasteiger partial charge is 0.273 e. The SMILES string of the molecule is CC(=O)N1CCN2c3nc4c(c(n3)N3CCCC3c3cc(C)cc(c3)C2C1)CN(C(C)C)C4=O. The molecule has 2 atom stereocenters. The van der Waals surface area contributed by atoms with Crippen molar-refractivity contribution < 1.29 is 9.59 Å². The highest BCUT2D eigenvalue weighted by molar-refractivity contribution is 5.98. The number of carbonyl (C=O) groups is 2. The average molecular weight is 461 g/mol. The maximum absolute atomic E-state index is 13.4. The highest BCUT2D eigenvalue weighted by Gasteiger charge is 2.41. The van der Waals surface area contributed by atoms with Gasteiger partial charge >= 0.3 is 0 Å². The molecule has 5 heterocycles. The summed E-state index contributed by atoms with van der Waals surface area (Å²) < 4.78 is 0. The zero-order valence-corrected chi connectivity index (χ0v) is 20.4. The number of aromatic nitrogens is 2. The standard InChI is InChI=1S/C26H32N6O2/c1-15(2)32-13-20-23(25(32)34)27-26-28-24(20)30-7-5-6-21(30)18-10-16(3)11-19(12-18)22-14-29(17(4)33)8-9-31(22)26/h10-12,15,21-22H,5-9,13-14H2,1-4H3. The molecule has 4 bridgehead atoms. The van der Waals surface area contributed by atoms with E-state index in [9.17, 15) is 9.59 Å². The Bertz CT molecular complexity index is 1190. The van der Waals surface area contributed by atoms with Gasteiger partial charge in [-0.25, -0.2) is 4.98 Å². The lowest BCUT2D eigenvalue weighted by Crippen LogP contribution is -2.51. The van der Waals surface area contributed by atoms with E-state index in [0.29, 0.717) is 37.8 Å². The number of benzene rings is 1. The maximum Gasteiger partial charge on any atom is 0.273 e. The molecule has 8 nitrogen and oxygen atoms in total. The molecule has 0 radical (unpaired) electrons. The summed E-state index contributed by atoms with van der Waals surface area (Å²) in [6.07, 6.45) is 2.15. The van der Waals surface area contributed by atoms with Gasteiger partial charge in [0.1, 0.15) is 11.5 Å². The van der Waals surface area contributed by atoms with Gasteiger partial charge in [-0.3, -0.25) is 9.59 Å². The van der Waals surface area contributed by atoms with Crippen molar-refractivity contribution in [3.8, 4) is 0 Å². The molecule has 2 saturated heterocycles. The average Bonchev–Trinajstić information content (AvgIpc) is 3.42. The Balaban J connectivity index is 1.57. The van der Waals surface area contributed by atoms with E-state index in [4.69, 9.17) is 9.97 Å². The van der Waals surface area contributed by atoms with Gasteiger partial charge in [0.2, 0.25) is 11.9 Å². The molecule has 8 heteroatoms. The van der Waals surface area contributed by atoms with E-state index in [1.165, 1.54) is 16.7 Å². The summed E-state index contributed by atoms with van der Waals surface area (Å²) in [5, 5.41) is 0. The summed E-state index contributed by atoms with van der Waals surface area (Å²) >= 11 is 0. The van der Waals surface area contributed by atoms with Crippen LogP contribution in [0, 0.1) is 6.92 Å². The minimum absolute atomic E-state index is 0.00371. The van der Waals surface area contributed by atoms with Crippen LogP contribution in [-0.2, 0) is 11.3 Å². The number of carbonyl (C=O) groups excluding carboxylic acids is 2. The monoisotopic (exact) mass is 460 g/mol. The molecule has 0 N–H and O–H groups in total. The summed E-state index contributed by atoms with van der Waals surface area (Å²) in [5.41, 5.74) is 5.23. The molecule has 2 aromatic rings. The number of aryl methyl sites for hydroxylation is 1. The number of hydrogen-bond donors (Lipinski definition) is 0. The Morgan fingerprint density at radius 2 is 1.79 bits per heavy atom. The molecule has 4 aliphatic rings. The second kappa shape index (κ2) is 7.68. The van der Waals surface area contributed by atoms with Gasteiger partial charge in [0, 0.05) is 44.7 Å². The lowest BCUT2D eigenvalue weighted by Gasteiger charge is -2.43. The van der Waals surface area contributed by atoms with Crippen molar-refractivity contribution in [1.82, 2.24) is 19.8 Å². The Morgan fingerprint density at radius 3 is 2.53 bits per heavy atom. The molecule has 6 rings (SSSR count). The number of nitrogens with zero attached hydrogens (tertiary/aromatic N) is 6. The highest BCUT2D eigenvalue weighted by atomic mass is 16.2. The summed E-state index contributed by atoms with van der Waals surface area (Å²) in [6, 6.07) is 7.13. The first-order valence-electron chi connectivity index (χ1n) is 12.4. The van der Waals surface area contributed by atoms with Crippen molar-refractivity contribution in [2.75, 3.05) is 36.0 Å². The van der Waals surface area contributed by atoms with Crippen molar-refractivity contribution in [2.24, 2.45) is 0 Å². The number of anilines is 2. The molecular formula is C26H32N6O2. The van der Waals surface area contributed by atoms with Crippen LogP contribution < -0.4 is 9.80 Å². The predicted molar refractivity (Wildman–Crippen MR) is 130 cm³/mol. The molecule has 34 heavy (non-hydrogen) atoms. The van der Waals surface area contributed by atoms with Gasteiger partial charge in [-0.1, -0.05) is 23.8 Å². The van der Waals surface area contributed by atoms with E-state index in [2.05, 4.69) is 48.8 Å². The van der Waals surface area contributed by atoms with Crippen LogP contribution in [0.2, 0.25) is 0 Å². The first-order chi connectivity index (χ1) is 16.3. The lowest BCUT2D eigenvalue weighted by molar-refractivity contribution is -0.129. The molecule has 1 aromatic carbocycles. The van der Waals surface area contributed by atoms with E-state index < -0.39 is 0 Å². The van der Waals surface area contributed by atoms with Crippen molar-refractivity contribution in [1.29, 1.82) is 0 Å². The number of piperazine rings is 1. The Labute approximate surface area is 200 Å². The van der Waals surface area contributed by atoms with E-state index >= 15 is 0 Å². The third-order valence-corrected chi connectivity index (χ3v) is 7.89. The molecule has 0 aliphatic carbocycles. The highest BCUT2D eigenvalue weighted by Crippen LogP contribution is 2.43. The first kappa shape index (κ1) is 21.4. The third-order valence-electron chi connectivity index (χ3n) is 7.89. The second-order valence-electron chi connectivity index (χ2n) is 10.4. The van der Waals surface area contributed by atoms with Crippen LogP contribution in [0.5, 0.6) is 0 Å². The van der Waals surface area contributed by atoms with E-state index in [-0.39, 0.29) is 29.9 Å². The Hall–Kier alpha value is -3.16. The van der Waals surface area contributed by atoms with Crippen molar-refractivity contribution in [3.05, 3.63) is 46.1 Å². The van der Waals surface area contributed by atoms with E-state index in [1.54, 1.807) is 6.92 Å². The summed E-state index contributed by atoms with van der Waals surface area (Å²) in [4.78, 5) is 44.1. The maximum atomic E-state index is 13.4. The molecule has 2 amide bonds. The molecule has 0 spiro atoms. The molecular weight excluding hydrogens is 428 g/mol. The van der Waals surface area contributed by atoms with Crippen molar-refractivity contribution >= 4 is 23.6 Å². The normalized spacial score (nSPS) is 23.3. The van der Waals surface area contributed by atoms with Gasteiger partial charge in [0.05, 0.1) is 18.6 Å². The Kier molecular flexibility index (Phi) is 4.83. The van der Waals surface area contributed by atoms with Crippen LogP contribution in [0.15, 0.2) is 18.2 Å². The second-order valence-corrected chi connectivity index (χ2v) is 10.4. The van der Waals surface area contributed by atoms with E-state index in [0.717, 1.165) is 30.8 Å². The number of rotatable bonds is 1. The topological polar surface area (TPSA) is 72.9 Å². The summed E-state index contributed by atoms with van der Waals surface area (Å²) in [7, 11) is 0. The van der Waals surface area contributed by atoms with Crippen LogP contribution >= 0.6 is 0 Å². The van der Waals surface area contributed by atoms with Crippen molar-refractivity contribution in [2.45, 2.75) is 65.2 Å². The van der Waals surface area contributed by atoms with Crippen LogP contribution in [0.25, 0.3) is 0 Å². The fourth-order valence-electron chi connectivity index (χ4n) is 6.13.